The topological polar surface area (TPSA) is 50.5 Å². The van der Waals surface area contributed by atoms with Crippen LogP contribution < -0.4 is 0 Å². The molecule has 2 atom stereocenters. The third-order valence-corrected chi connectivity index (χ3v) is 2.89. The number of aliphatic hydroxyl groups excluding tert-OH is 1. The Morgan fingerprint density at radius 3 is 2.80 bits per heavy atom. The highest BCUT2D eigenvalue weighted by Crippen LogP contribution is 2.10. The van der Waals surface area contributed by atoms with Gasteiger partial charge in [0.05, 0.1) is 12.2 Å². The van der Waals surface area contributed by atoms with Gasteiger partial charge in [-0.05, 0) is 13.8 Å². The Morgan fingerprint density at radius 1 is 1.53 bits per heavy atom. The van der Waals surface area contributed by atoms with Gasteiger partial charge in [0, 0.05) is 45.2 Å². The summed E-state index contributed by atoms with van der Waals surface area (Å²) in [6.45, 7) is 8.66. The molecule has 1 N–H and O–H groups in total. The Balaban J connectivity index is 2.31. The van der Waals surface area contributed by atoms with E-state index in [0.29, 0.717) is 12.5 Å². The molecule has 0 aromatic heterocycles. The van der Waals surface area contributed by atoms with Crippen LogP contribution >= 0.6 is 0 Å². The van der Waals surface area contributed by atoms with Crippen molar-refractivity contribution in [2.75, 3.05) is 32.7 Å². The summed E-state index contributed by atoms with van der Waals surface area (Å²) in [6, 6.07) is 2.66. The Morgan fingerprint density at radius 2 is 2.27 bits per heavy atom. The van der Waals surface area contributed by atoms with E-state index in [-0.39, 0.29) is 6.10 Å². The van der Waals surface area contributed by atoms with Gasteiger partial charge >= 0.3 is 0 Å². The highest BCUT2D eigenvalue weighted by molar-refractivity contribution is 4.82. The number of β-amino-alcohol motifs (C(OH)–C–C–N with tert-alkyl or cyclic N) is 1. The first-order chi connectivity index (χ1) is 7.13. The van der Waals surface area contributed by atoms with Crippen molar-refractivity contribution in [3.63, 3.8) is 0 Å². The minimum Gasteiger partial charge on any atom is -0.392 e. The van der Waals surface area contributed by atoms with E-state index in [2.05, 4.69) is 22.8 Å². The summed E-state index contributed by atoms with van der Waals surface area (Å²) >= 11 is 0. The van der Waals surface area contributed by atoms with Gasteiger partial charge in [0.2, 0.25) is 0 Å². The second-order valence-corrected chi connectivity index (χ2v) is 4.40. The molecule has 15 heavy (non-hydrogen) atoms. The van der Waals surface area contributed by atoms with Gasteiger partial charge in [-0.3, -0.25) is 9.80 Å². The lowest BCUT2D eigenvalue weighted by molar-refractivity contribution is 0.0460. The summed E-state index contributed by atoms with van der Waals surface area (Å²) in [4.78, 5) is 4.64. The minimum atomic E-state index is -0.252. The van der Waals surface area contributed by atoms with Crippen LogP contribution in [-0.4, -0.2) is 59.8 Å². The Kier molecular flexibility index (Phi) is 5.03. The maximum atomic E-state index is 9.33. The molecular weight excluding hydrogens is 190 g/mol. The zero-order chi connectivity index (χ0) is 11.3. The standard InChI is InChI=1S/C11H21N3O/c1-10-8-13(5-3-4-12)6-7-14(10)9-11(2)15/h10-11,15H,3,5-9H2,1-2H3/t10-,11-/m1/s1. The monoisotopic (exact) mass is 211 g/mol. The van der Waals surface area contributed by atoms with Crippen LogP contribution in [0.1, 0.15) is 20.3 Å². The van der Waals surface area contributed by atoms with Gasteiger partial charge < -0.3 is 5.11 Å². The summed E-state index contributed by atoms with van der Waals surface area (Å²) in [6.07, 6.45) is 0.362. The van der Waals surface area contributed by atoms with Crippen LogP contribution in [0.15, 0.2) is 0 Å². The number of hydrogen-bond donors (Lipinski definition) is 1. The van der Waals surface area contributed by atoms with Crippen molar-refractivity contribution in [1.82, 2.24) is 9.80 Å². The molecule has 0 aromatic rings. The van der Waals surface area contributed by atoms with Crippen molar-refractivity contribution in [2.45, 2.75) is 32.4 Å². The van der Waals surface area contributed by atoms with Gasteiger partial charge in [0.15, 0.2) is 0 Å². The lowest BCUT2D eigenvalue weighted by Gasteiger charge is -2.40. The SMILES string of the molecule is C[C@@H]1CN(CCC#N)CCN1C[C@@H](C)O. The third-order valence-electron chi connectivity index (χ3n) is 2.89. The van der Waals surface area contributed by atoms with Crippen molar-refractivity contribution >= 4 is 0 Å². The van der Waals surface area contributed by atoms with Crippen molar-refractivity contribution in [2.24, 2.45) is 0 Å². The summed E-state index contributed by atoms with van der Waals surface area (Å²) < 4.78 is 0. The molecular formula is C11H21N3O. The van der Waals surface area contributed by atoms with Crippen molar-refractivity contribution in [1.29, 1.82) is 5.26 Å². The van der Waals surface area contributed by atoms with E-state index in [1.165, 1.54) is 0 Å². The quantitative estimate of drug-likeness (QED) is 0.726. The van der Waals surface area contributed by atoms with E-state index in [0.717, 1.165) is 32.7 Å². The lowest BCUT2D eigenvalue weighted by Crippen LogP contribution is -2.53. The Hall–Kier alpha value is -0.630. The fourth-order valence-corrected chi connectivity index (χ4v) is 2.09. The molecule has 1 aliphatic heterocycles. The van der Waals surface area contributed by atoms with Crippen molar-refractivity contribution < 1.29 is 5.11 Å². The van der Waals surface area contributed by atoms with Crippen LogP contribution in [0.5, 0.6) is 0 Å². The van der Waals surface area contributed by atoms with E-state index < -0.39 is 0 Å². The predicted octanol–water partition coefficient (Wildman–Crippen LogP) is 0.287. The van der Waals surface area contributed by atoms with Crippen LogP contribution in [0.3, 0.4) is 0 Å². The number of piperazine rings is 1. The zero-order valence-corrected chi connectivity index (χ0v) is 9.69. The molecule has 1 heterocycles. The normalized spacial score (nSPS) is 26.1. The van der Waals surface area contributed by atoms with Gasteiger partial charge in [0.1, 0.15) is 0 Å². The summed E-state index contributed by atoms with van der Waals surface area (Å²) in [7, 11) is 0. The Bertz CT molecular complexity index is 224. The molecule has 4 heteroatoms. The molecule has 0 radical (unpaired) electrons. The van der Waals surface area contributed by atoms with E-state index >= 15 is 0 Å². The maximum absolute atomic E-state index is 9.33. The average Bonchev–Trinajstić information content (AvgIpc) is 2.18. The molecule has 0 bridgehead atoms. The van der Waals surface area contributed by atoms with Crippen LogP contribution in [0.2, 0.25) is 0 Å². The van der Waals surface area contributed by atoms with E-state index in [1.807, 2.05) is 6.92 Å². The fraction of sp³-hybridized carbons (Fsp3) is 0.909. The molecule has 1 aliphatic rings. The van der Waals surface area contributed by atoms with Gasteiger partial charge in [-0.25, -0.2) is 0 Å². The molecule has 1 fully saturated rings. The second kappa shape index (κ2) is 6.06. The highest BCUT2D eigenvalue weighted by Gasteiger charge is 2.23. The van der Waals surface area contributed by atoms with Crippen LogP contribution in [0.4, 0.5) is 0 Å². The zero-order valence-electron chi connectivity index (χ0n) is 9.69. The number of nitrogens with zero attached hydrogens (tertiary/aromatic N) is 3. The molecule has 86 valence electrons. The summed E-state index contributed by atoms with van der Waals surface area (Å²) in [5, 5.41) is 17.8. The molecule has 0 unspecified atom stereocenters. The van der Waals surface area contributed by atoms with Crippen LogP contribution in [0, 0.1) is 11.3 Å². The van der Waals surface area contributed by atoms with E-state index in [1.54, 1.807) is 0 Å². The first-order valence-electron chi connectivity index (χ1n) is 5.65. The van der Waals surface area contributed by atoms with Gasteiger partial charge in [-0.15, -0.1) is 0 Å². The predicted molar refractivity (Wildman–Crippen MR) is 59.4 cm³/mol. The number of hydrogen-bond acceptors (Lipinski definition) is 4. The van der Waals surface area contributed by atoms with E-state index in [4.69, 9.17) is 5.26 Å². The average molecular weight is 211 g/mol. The third kappa shape index (κ3) is 4.17. The molecule has 0 spiro atoms. The second-order valence-electron chi connectivity index (χ2n) is 4.40. The largest absolute Gasteiger partial charge is 0.392 e. The van der Waals surface area contributed by atoms with E-state index in [9.17, 15) is 5.11 Å². The number of aliphatic hydroxyl groups is 1. The van der Waals surface area contributed by atoms with Crippen LogP contribution in [0.25, 0.3) is 0 Å². The maximum Gasteiger partial charge on any atom is 0.0639 e. The number of nitriles is 1. The summed E-state index contributed by atoms with van der Waals surface area (Å²) in [5.74, 6) is 0. The first kappa shape index (κ1) is 12.4. The smallest absolute Gasteiger partial charge is 0.0639 e. The van der Waals surface area contributed by atoms with Gasteiger partial charge in [-0.1, -0.05) is 0 Å². The first-order valence-corrected chi connectivity index (χ1v) is 5.65. The van der Waals surface area contributed by atoms with Gasteiger partial charge in [-0.2, -0.15) is 5.26 Å². The lowest BCUT2D eigenvalue weighted by atomic mass is 10.1. The molecule has 0 aromatic carbocycles. The number of rotatable bonds is 4. The molecule has 0 amide bonds. The fourth-order valence-electron chi connectivity index (χ4n) is 2.09. The Labute approximate surface area is 92.1 Å². The minimum absolute atomic E-state index is 0.252. The molecule has 0 saturated carbocycles. The highest BCUT2D eigenvalue weighted by atomic mass is 16.3. The van der Waals surface area contributed by atoms with Crippen molar-refractivity contribution in [3.05, 3.63) is 0 Å². The molecule has 0 aliphatic carbocycles. The molecule has 4 nitrogen and oxygen atoms in total. The molecule has 1 rings (SSSR count). The van der Waals surface area contributed by atoms with Crippen LogP contribution in [-0.2, 0) is 0 Å². The van der Waals surface area contributed by atoms with Gasteiger partial charge in [0.25, 0.3) is 0 Å². The molecule has 1 saturated heterocycles. The van der Waals surface area contributed by atoms with Crippen molar-refractivity contribution in [3.8, 4) is 6.07 Å². The summed E-state index contributed by atoms with van der Waals surface area (Å²) in [5.41, 5.74) is 0.